The predicted octanol–water partition coefficient (Wildman–Crippen LogP) is 3.63. The molecule has 9 heteroatoms. The van der Waals surface area contributed by atoms with Crippen LogP contribution in [0.15, 0.2) is 23.2 Å². The molecule has 0 amide bonds. The molecular formula is C20H29F2IN6. The van der Waals surface area contributed by atoms with E-state index in [9.17, 15) is 8.78 Å². The fourth-order valence-corrected chi connectivity index (χ4v) is 3.38. The molecule has 0 bridgehead atoms. The van der Waals surface area contributed by atoms with E-state index >= 15 is 0 Å². The van der Waals surface area contributed by atoms with Gasteiger partial charge < -0.3 is 15.2 Å². The lowest BCUT2D eigenvalue weighted by Crippen LogP contribution is -2.45. The molecule has 1 aliphatic carbocycles. The lowest BCUT2D eigenvalue weighted by molar-refractivity contribution is 0.409. The molecule has 2 aromatic rings. The molecular weight excluding hydrogens is 489 g/mol. The summed E-state index contributed by atoms with van der Waals surface area (Å²) in [6, 6.07) is 3.92. The smallest absolute Gasteiger partial charge is 0.191 e. The Hall–Kier alpha value is -1.78. The maximum atomic E-state index is 13.8. The molecule has 0 spiro atoms. The minimum absolute atomic E-state index is 0. The molecule has 1 aromatic heterocycles. The van der Waals surface area contributed by atoms with Crippen molar-refractivity contribution >= 4 is 29.9 Å². The second-order valence-corrected chi connectivity index (χ2v) is 7.28. The summed E-state index contributed by atoms with van der Waals surface area (Å²) in [4.78, 5) is 4.64. The highest BCUT2D eigenvalue weighted by molar-refractivity contribution is 14.0. The molecule has 3 rings (SSSR count). The van der Waals surface area contributed by atoms with E-state index in [1.807, 2.05) is 18.5 Å². The van der Waals surface area contributed by atoms with Crippen molar-refractivity contribution in [3.05, 3.63) is 47.0 Å². The van der Waals surface area contributed by atoms with Crippen LogP contribution in [0.5, 0.6) is 0 Å². The Kier molecular flexibility index (Phi) is 9.25. The Morgan fingerprint density at radius 3 is 2.66 bits per heavy atom. The summed E-state index contributed by atoms with van der Waals surface area (Å²) in [6.45, 7) is 2.75. The molecule has 0 saturated heterocycles. The molecule has 160 valence electrons. The van der Waals surface area contributed by atoms with Crippen LogP contribution in [-0.4, -0.2) is 33.3 Å². The normalized spacial score (nSPS) is 15.1. The van der Waals surface area contributed by atoms with E-state index in [-0.39, 0.29) is 24.0 Å². The highest BCUT2D eigenvalue weighted by Gasteiger charge is 2.15. The molecule has 0 aliphatic heterocycles. The van der Waals surface area contributed by atoms with Gasteiger partial charge in [0.25, 0.3) is 0 Å². The average Bonchev–Trinajstić information content (AvgIpc) is 3.01. The van der Waals surface area contributed by atoms with Crippen LogP contribution >= 0.6 is 24.0 Å². The van der Waals surface area contributed by atoms with Gasteiger partial charge in [0.15, 0.2) is 11.8 Å². The van der Waals surface area contributed by atoms with Crippen LogP contribution in [0.3, 0.4) is 0 Å². The number of aromatic nitrogens is 3. The van der Waals surface area contributed by atoms with E-state index in [1.54, 1.807) is 0 Å². The number of nitrogens with zero attached hydrogens (tertiary/aromatic N) is 4. The largest absolute Gasteiger partial charge is 0.356 e. The van der Waals surface area contributed by atoms with Crippen molar-refractivity contribution in [2.24, 2.45) is 12.0 Å². The van der Waals surface area contributed by atoms with Crippen LogP contribution in [0.4, 0.5) is 8.78 Å². The monoisotopic (exact) mass is 518 g/mol. The van der Waals surface area contributed by atoms with Crippen molar-refractivity contribution in [3.63, 3.8) is 0 Å². The van der Waals surface area contributed by atoms with Gasteiger partial charge in [-0.3, -0.25) is 0 Å². The zero-order valence-corrected chi connectivity index (χ0v) is 19.2. The summed E-state index contributed by atoms with van der Waals surface area (Å²) in [5, 5.41) is 14.9. The molecule has 6 nitrogen and oxygen atoms in total. The highest BCUT2D eigenvalue weighted by atomic mass is 127. The third-order valence-electron chi connectivity index (χ3n) is 5.20. The zero-order valence-electron chi connectivity index (χ0n) is 16.9. The van der Waals surface area contributed by atoms with Gasteiger partial charge in [0.2, 0.25) is 0 Å². The summed E-state index contributed by atoms with van der Waals surface area (Å²) in [5.41, 5.74) is 0.355. The fraction of sp³-hybridized carbons (Fsp3) is 0.550. The van der Waals surface area contributed by atoms with Crippen LogP contribution in [0.25, 0.3) is 0 Å². The maximum absolute atomic E-state index is 13.8. The van der Waals surface area contributed by atoms with E-state index in [2.05, 4.69) is 25.8 Å². The third kappa shape index (κ3) is 6.90. The van der Waals surface area contributed by atoms with Crippen molar-refractivity contribution in [2.75, 3.05) is 6.54 Å². The van der Waals surface area contributed by atoms with Crippen LogP contribution in [0.2, 0.25) is 0 Å². The highest BCUT2D eigenvalue weighted by Crippen LogP contribution is 2.17. The quantitative estimate of drug-likeness (QED) is 0.349. The van der Waals surface area contributed by atoms with Crippen LogP contribution < -0.4 is 10.6 Å². The van der Waals surface area contributed by atoms with Crippen molar-refractivity contribution in [1.29, 1.82) is 0 Å². The van der Waals surface area contributed by atoms with E-state index in [1.165, 1.54) is 25.3 Å². The number of hydrogen-bond acceptors (Lipinski definition) is 3. The summed E-state index contributed by atoms with van der Waals surface area (Å²) in [7, 11) is 1.91. The summed E-state index contributed by atoms with van der Waals surface area (Å²) in [6.07, 6.45) is 6.29. The van der Waals surface area contributed by atoms with Gasteiger partial charge in [-0.15, -0.1) is 34.2 Å². The second kappa shape index (κ2) is 11.4. The predicted molar refractivity (Wildman–Crippen MR) is 120 cm³/mol. The molecule has 1 aromatic carbocycles. The van der Waals surface area contributed by atoms with Crippen molar-refractivity contribution in [2.45, 2.75) is 58.0 Å². The molecule has 0 radical (unpaired) electrons. The minimum atomic E-state index is -0.428. The summed E-state index contributed by atoms with van der Waals surface area (Å²) in [5.74, 6) is 1.46. The standard InChI is InChI=1S/C20H28F2N6.HI/c1-14-26-27-19(28(14)2)13-24-20(25-17-6-4-3-5-7-17)23-11-10-15-12-16(21)8-9-18(15)22;/h8-9,12,17H,3-7,10-11,13H2,1-2H3,(H2,23,24,25);1H. The number of hydrogen-bond donors (Lipinski definition) is 2. The first-order valence-corrected chi connectivity index (χ1v) is 9.86. The molecule has 1 aliphatic rings. The van der Waals surface area contributed by atoms with E-state index in [4.69, 9.17) is 0 Å². The van der Waals surface area contributed by atoms with E-state index in [0.29, 0.717) is 37.1 Å². The maximum Gasteiger partial charge on any atom is 0.191 e. The summed E-state index contributed by atoms with van der Waals surface area (Å²) >= 11 is 0. The lowest BCUT2D eigenvalue weighted by Gasteiger charge is -2.25. The SMILES string of the molecule is Cc1nnc(CN=C(NCCc2cc(F)ccc2F)NC2CCCCC2)n1C.I. The molecule has 0 atom stereocenters. The Bertz CT molecular complexity index is 817. The molecule has 1 heterocycles. The molecule has 29 heavy (non-hydrogen) atoms. The van der Waals surface area contributed by atoms with Gasteiger partial charge in [0.05, 0.1) is 0 Å². The number of nitrogens with one attached hydrogen (secondary N) is 2. The first-order valence-electron chi connectivity index (χ1n) is 9.86. The van der Waals surface area contributed by atoms with Gasteiger partial charge in [0, 0.05) is 19.6 Å². The Balaban J connectivity index is 0.00000300. The number of aryl methyl sites for hydroxylation is 1. The second-order valence-electron chi connectivity index (χ2n) is 7.28. The van der Waals surface area contributed by atoms with Crippen molar-refractivity contribution in [1.82, 2.24) is 25.4 Å². The molecule has 0 unspecified atom stereocenters. The van der Waals surface area contributed by atoms with Crippen LogP contribution in [-0.2, 0) is 20.0 Å². The summed E-state index contributed by atoms with van der Waals surface area (Å²) < 4.78 is 29.1. The minimum Gasteiger partial charge on any atom is -0.356 e. The zero-order chi connectivity index (χ0) is 19.9. The number of halogens is 3. The third-order valence-corrected chi connectivity index (χ3v) is 5.20. The molecule has 1 saturated carbocycles. The molecule has 2 N–H and O–H groups in total. The van der Waals surface area contributed by atoms with Crippen LogP contribution in [0, 0.1) is 18.6 Å². The first-order chi connectivity index (χ1) is 13.5. The van der Waals surface area contributed by atoms with Gasteiger partial charge in [-0.05, 0) is 49.9 Å². The van der Waals surface area contributed by atoms with E-state index in [0.717, 1.165) is 36.6 Å². The van der Waals surface area contributed by atoms with Gasteiger partial charge in [0.1, 0.15) is 24.0 Å². The Morgan fingerprint density at radius 2 is 1.97 bits per heavy atom. The Labute approximate surface area is 187 Å². The number of guanidine groups is 1. The van der Waals surface area contributed by atoms with E-state index < -0.39 is 11.6 Å². The van der Waals surface area contributed by atoms with Crippen molar-refractivity contribution in [3.8, 4) is 0 Å². The van der Waals surface area contributed by atoms with Gasteiger partial charge in [-0.25, -0.2) is 13.8 Å². The van der Waals surface area contributed by atoms with Crippen LogP contribution in [0.1, 0.15) is 49.3 Å². The Morgan fingerprint density at radius 1 is 1.21 bits per heavy atom. The number of benzene rings is 1. The molecule has 1 fully saturated rings. The number of aliphatic imine (C=N–C) groups is 1. The van der Waals surface area contributed by atoms with Gasteiger partial charge in [-0.2, -0.15) is 0 Å². The number of rotatable bonds is 6. The fourth-order valence-electron chi connectivity index (χ4n) is 3.38. The van der Waals surface area contributed by atoms with Gasteiger partial charge in [-0.1, -0.05) is 19.3 Å². The average molecular weight is 518 g/mol. The van der Waals surface area contributed by atoms with Crippen molar-refractivity contribution < 1.29 is 8.78 Å². The lowest BCUT2D eigenvalue weighted by atomic mass is 9.96. The topological polar surface area (TPSA) is 67.1 Å². The first kappa shape index (κ1) is 23.5. The van der Waals surface area contributed by atoms with Gasteiger partial charge >= 0.3 is 0 Å².